The van der Waals surface area contributed by atoms with Crippen LogP contribution in [0.2, 0.25) is 0 Å². The zero-order chi connectivity index (χ0) is 27.6. The largest absolute Gasteiger partial charge is 0.457 e. The molecule has 2 N–H and O–H groups in total. The van der Waals surface area contributed by atoms with Gasteiger partial charge in [0, 0.05) is 42.2 Å². The van der Waals surface area contributed by atoms with Gasteiger partial charge in [-0.05, 0) is 79.2 Å². The lowest BCUT2D eigenvalue weighted by Gasteiger charge is -2.24. The number of benzene rings is 4. The first-order chi connectivity index (χ1) is 18.9. The molecule has 0 bridgehead atoms. The minimum absolute atomic E-state index is 0.0873. The second-order valence-electron chi connectivity index (χ2n) is 8.41. The quantitative estimate of drug-likeness (QED) is 0.141. The summed E-state index contributed by atoms with van der Waals surface area (Å²) in [7, 11) is 0. The minimum Gasteiger partial charge on any atom is -0.457 e. The van der Waals surface area contributed by atoms with Gasteiger partial charge in [-0.1, -0.05) is 18.2 Å². The fraction of sp³-hybridized carbons (Fsp3) is 0.103. The number of non-ortho nitro benzene ring substituents is 1. The molecule has 0 unspecified atom stereocenters. The van der Waals surface area contributed by atoms with Crippen LogP contribution < -0.4 is 20.3 Å². The molecule has 39 heavy (non-hydrogen) atoms. The number of nitro benzene ring substituents is 1. The molecule has 0 saturated heterocycles. The molecule has 0 aliphatic carbocycles. The molecular formula is C29H25FN4O5. The van der Waals surface area contributed by atoms with Crippen LogP contribution in [-0.2, 0) is 0 Å². The summed E-state index contributed by atoms with van der Waals surface area (Å²) in [6.07, 6.45) is 0.420. The highest BCUT2D eigenvalue weighted by atomic mass is 19.1. The number of carbonyl (C=O) groups is 2. The lowest BCUT2D eigenvalue weighted by molar-refractivity contribution is -0.384. The average Bonchev–Trinajstić information content (AvgIpc) is 2.95. The Hall–Kier alpha value is -5.25. The molecule has 4 aromatic carbocycles. The van der Waals surface area contributed by atoms with Crippen LogP contribution in [0.25, 0.3) is 0 Å². The van der Waals surface area contributed by atoms with E-state index in [9.17, 15) is 24.1 Å². The van der Waals surface area contributed by atoms with Crippen molar-refractivity contribution in [2.75, 3.05) is 23.3 Å². The predicted molar refractivity (Wildman–Crippen MR) is 146 cm³/mol. The molecule has 0 radical (unpaired) electrons. The van der Waals surface area contributed by atoms with Crippen LogP contribution in [0.3, 0.4) is 0 Å². The number of rotatable bonds is 10. The van der Waals surface area contributed by atoms with E-state index in [1.54, 1.807) is 24.3 Å². The van der Waals surface area contributed by atoms with Crippen LogP contribution >= 0.6 is 0 Å². The minimum atomic E-state index is -0.517. The fourth-order valence-electron chi connectivity index (χ4n) is 3.67. The molecule has 0 atom stereocenters. The molecule has 0 aliphatic heterocycles. The maximum atomic E-state index is 13.2. The third kappa shape index (κ3) is 7.62. The first kappa shape index (κ1) is 26.8. The number of hydrogen-bond donors (Lipinski definition) is 2. The number of para-hydroxylation sites is 1. The number of hydrogen-bond acceptors (Lipinski definition) is 5. The van der Waals surface area contributed by atoms with E-state index >= 15 is 0 Å². The molecule has 10 heteroatoms. The average molecular weight is 529 g/mol. The molecule has 0 fully saturated rings. The van der Waals surface area contributed by atoms with Crippen molar-refractivity contribution in [3.8, 4) is 11.5 Å². The Bertz CT molecular complexity index is 1410. The molecule has 0 heterocycles. The summed E-state index contributed by atoms with van der Waals surface area (Å²) in [6.45, 7) is 0.522. The van der Waals surface area contributed by atoms with Gasteiger partial charge in [0.25, 0.3) is 11.6 Å². The zero-order valence-corrected chi connectivity index (χ0v) is 20.7. The van der Waals surface area contributed by atoms with Gasteiger partial charge in [0.2, 0.25) is 0 Å². The van der Waals surface area contributed by atoms with Crippen LogP contribution in [0.4, 0.5) is 26.2 Å². The van der Waals surface area contributed by atoms with Crippen molar-refractivity contribution >= 4 is 29.0 Å². The molecule has 198 valence electrons. The summed E-state index contributed by atoms with van der Waals surface area (Å²) in [5, 5.41) is 16.4. The lowest BCUT2D eigenvalue weighted by atomic mass is 10.2. The summed E-state index contributed by atoms with van der Waals surface area (Å²) in [6, 6.07) is 26.5. The Morgan fingerprint density at radius 2 is 1.49 bits per heavy atom. The van der Waals surface area contributed by atoms with E-state index in [1.165, 1.54) is 53.4 Å². The van der Waals surface area contributed by atoms with Crippen LogP contribution in [0, 0.1) is 15.9 Å². The fourth-order valence-corrected chi connectivity index (χ4v) is 3.67. The molecule has 4 rings (SSSR count). The number of amides is 3. The Morgan fingerprint density at radius 1 is 0.846 bits per heavy atom. The number of nitro groups is 1. The Morgan fingerprint density at radius 3 is 2.13 bits per heavy atom. The number of anilines is 2. The van der Waals surface area contributed by atoms with Gasteiger partial charge in [-0.25, -0.2) is 9.18 Å². The molecule has 3 amide bonds. The second kappa shape index (κ2) is 12.8. The van der Waals surface area contributed by atoms with Gasteiger partial charge < -0.3 is 15.4 Å². The SMILES string of the molecule is O=C(NCCCN(C(=O)Nc1ccc([N+](=O)[O-])cc1)c1ccc(Oc2ccccc2)cc1)c1ccc(F)cc1. The molecule has 0 spiro atoms. The Balaban J connectivity index is 1.43. The van der Waals surface area contributed by atoms with E-state index in [1.807, 2.05) is 30.3 Å². The van der Waals surface area contributed by atoms with Crippen molar-refractivity contribution in [1.82, 2.24) is 5.32 Å². The van der Waals surface area contributed by atoms with Crippen LogP contribution in [0.1, 0.15) is 16.8 Å². The number of urea groups is 1. The molecule has 0 aromatic heterocycles. The van der Waals surface area contributed by atoms with Crippen molar-refractivity contribution in [3.05, 3.63) is 125 Å². The summed E-state index contributed by atoms with van der Waals surface area (Å²) >= 11 is 0. The van der Waals surface area contributed by atoms with E-state index in [4.69, 9.17) is 4.74 Å². The molecule has 0 aliphatic rings. The third-order valence-corrected chi connectivity index (χ3v) is 5.65. The molecular weight excluding hydrogens is 503 g/mol. The molecule has 9 nitrogen and oxygen atoms in total. The van der Waals surface area contributed by atoms with Gasteiger partial charge in [0.1, 0.15) is 17.3 Å². The normalized spacial score (nSPS) is 10.4. The van der Waals surface area contributed by atoms with Crippen molar-refractivity contribution in [3.63, 3.8) is 0 Å². The number of halogens is 1. The number of nitrogens with zero attached hydrogens (tertiary/aromatic N) is 2. The standard InChI is InChI=1S/C29H25FN4O5/c30-22-9-7-21(8-10-22)28(35)31-19-4-20-33(29(36)32-23-11-13-25(14-12-23)34(37)38)24-15-17-27(18-16-24)39-26-5-2-1-3-6-26/h1-3,5-18H,4,19-20H2,(H,31,35)(H,32,36). The van der Waals surface area contributed by atoms with Gasteiger partial charge >= 0.3 is 6.03 Å². The van der Waals surface area contributed by atoms with Crippen LogP contribution in [0.15, 0.2) is 103 Å². The van der Waals surface area contributed by atoms with Crippen LogP contribution in [-0.4, -0.2) is 30.0 Å². The van der Waals surface area contributed by atoms with Gasteiger partial charge in [0.15, 0.2) is 0 Å². The van der Waals surface area contributed by atoms with Crippen molar-refractivity contribution < 1.29 is 23.6 Å². The molecule has 4 aromatic rings. The van der Waals surface area contributed by atoms with Gasteiger partial charge in [-0.3, -0.25) is 19.8 Å². The molecule has 0 saturated carbocycles. The Kier molecular flexibility index (Phi) is 8.81. The van der Waals surface area contributed by atoms with E-state index in [0.29, 0.717) is 34.9 Å². The highest BCUT2D eigenvalue weighted by molar-refractivity contribution is 6.01. The topological polar surface area (TPSA) is 114 Å². The smallest absolute Gasteiger partial charge is 0.326 e. The summed E-state index contributed by atoms with van der Waals surface area (Å²) in [5.74, 6) is 0.489. The van der Waals surface area contributed by atoms with Gasteiger partial charge in [0.05, 0.1) is 4.92 Å². The van der Waals surface area contributed by atoms with Crippen molar-refractivity contribution in [2.24, 2.45) is 0 Å². The predicted octanol–water partition coefficient (Wildman–Crippen LogP) is 6.38. The van der Waals surface area contributed by atoms with E-state index in [-0.39, 0.29) is 24.7 Å². The number of ether oxygens (including phenoxy) is 1. The van der Waals surface area contributed by atoms with E-state index in [0.717, 1.165) is 0 Å². The lowest BCUT2D eigenvalue weighted by Crippen LogP contribution is -2.37. The summed E-state index contributed by atoms with van der Waals surface area (Å²) in [5.41, 5.74) is 1.22. The second-order valence-corrected chi connectivity index (χ2v) is 8.41. The first-order valence-electron chi connectivity index (χ1n) is 12.1. The van der Waals surface area contributed by atoms with Gasteiger partial charge in [-0.2, -0.15) is 0 Å². The Labute approximate surface area is 224 Å². The van der Waals surface area contributed by atoms with E-state index in [2.05, 4.69) is 10.6 Å². The summed E-state index contributed by atoms with van der Waals surface area (Å²) < 4.78 is 18.9. The maximum absolute atomic E-state index is 13.2. The number of carbonyl (C=O) groups excluding carboxylic acids is 2. The number of nitrogens with one attached hydrogen (secondary N) is 2. The highest BCUT2D eigenvalue weighted by Crippen LogP contribution is 2.25. The highest BCUT2D eigenvalue weighted by Gasteiger charge is 2.17. The third-order valence-electron chi connectivity index (χ3n) is 5.65. The first-order valence-corrected chi connectivity index (χ1v) is 12.1. The van der Waals surface area contributed by atoms with E-state index < -0.39 is 16.8 Å². The maximum Gasteiger partial charge on any atom is 0.326 e. The van der Waals surface area contributed by atoms with Crippen molar-refractivity contribution in [2.45, 2.75) is 6.42 Å². The van der Waals surface area contributed by atoms with Crippen LogP contribution in [0.5, 0.6) is 11.5 Å². The summed E-state index contributed by atoms with van der Waals surface area (Å²) in [4.78, 5) is 37.4. The monoisotopic (exact) mass is 528 g/mol. The van der Waals surface area contributed by atoms with Gasteiger partial charge in [-0.15, -0.1) is 0 Å². The van der Waals surface area contributed by atoms with Crippen molar-refractivity contribution in [1.29, 1.82) is 0 Å². The zero-order valence-electron chi connectivity index (χ0n) is 20.7.